The number of nitrogens with one attached hydrogen (secondary N) is 1. The smallest absolute Gasteiger partial charge is 0.311 e. The Labute approximate surface area is 108 Å². The molecule has 1 atom stereocenters. The van der Waals surface area contributed by atoms with E-state index in [1.165, 1.54) is 19.5 Å². The molecule has 0 bridgehead atoms. The topological polar surface area (TPSA) is 52.7 Å². The highest BCUT2D eigenvalue weighted by Gasteiger charge is 2.31. The lowest BCUT2D eigenvalue weighted by molar-refractivity contribution is -0.145. The van der Waals surface area contributed by atoms with Gasteiger partial charge in [-0.05, 0) is 45.7 Å². The van der Waals surface area contributed by atoms with Crippen LogP contribution in [0.3, 0.4) is 0 Å². The fraction of sp³-hybridized carbons (Fsp3) is 0.846. The molecule has 0 aliphatic carbocycles. The molecule has 0 saturated carbocycles. The van der Waals surface area contributed by atoms with Gasteiger partial charge < -0.3 is 15.1 Å². The van der Waals surface area contributed by atoms with Crippen molar-refractivity contribution < 1.29 is 9.59 Å². The van der Waals surface area contributed by atoms with Gasteiger partial charge in [-0.15, -0.1) is 0 Å². The maximum atomic E-state index is 11.9. The Kier molecular flexibility index (Phi) is 4.22. The SMILES string of the molecule is CC(C)NC(=O)C(=O)N1CCC(CN2CCC2)C1. The summed E-state index contributed by atoms with van der Waals surface area (Å²) in [7, 11) is 0. The van der Waals surface area contributed by atoms with E-state index in [0.29, 0.717) is 5.92 Å². The van der Waals surface area contributed by atoms with Crippen LogP contribution in [0.25, 0.3) is 0 Å². The van der Waals surface area contributed by atoms with Crippen molar-refractivity contribution >= 4 is 11.8 Å². The van der Waals surface area contributed by atoms with Crippen LogP contribution in [-0.2, 0) is 9.59 Å². The molecular weight excluding hydrogens is 230 g/mol. The molecule has 1 N–H and O–H groups in total. The average molecular weight is 253 g/mol. The Morgan fingerprint density at radius 3 is 2.56 bits per heavy atom. The molecule has 2 aliphatic heterocycles. The third kappa shape index (κ3) is 3.22. The zero-order chi connectivity index (χ0) is 13.1. The summed E-state index contributed by atoms with van der Waals surface area (Å²) in [6.45, 7) is 8.65. The van der Waals surface area contributed by atoms with Crippen LogP contribution in [0.1, 0.15) is 26.7 Å². The van der Waals surface area contributed by atoms with Gasteiger partial charge in [0.05, 0.1) is 0 Å². The molecule has 2 rings (SSSR count). The predicted octanol–water partition coefficient (Wildman–Crippen LogP) is 0.0652. The van der Waals surface area contributed by atoms with Crippen LogP contribution >= 0.6 is 0 Å². The lowest BCUT2D eigenvalue weighted by Crippen LogP contribution is -2.45. The molecule has 2 fully saturated rings. The third-order valence-corrected chi connectivity index (χ3v) is 3.65. The molecule has 18 heavy (non-hydrogen) atoms. The Hall–Kier alpha value is -1.10. The normalized spacial score (nSPS) is 24.2. The molecule has 5 nitrogen and oxygen atoms in total. The van der Waals surface area contributed by atoms with Gasteiger partial charge in [-0.3, -0.25) is 9.59 Å². The maximum Gasteiger partial charge on any atom is 0.311 e. The van der Waals surface area contributed by atoms with Crippen molar-refractivity contribution in [3.8, 4) is 0 Å². The van der Waals surface area contributed by atoms with E-state index in [1.807, 2.05) is 13.8 Å². The van der Waals surface area contributed by atoms with Crippen LogP contribution < -0.4 is 5.32 Å². The van der Waals surface area contributed by atoms with Gasteiger partial charge >= 0.3 is 11.8 Å². The van der Waals surface area contributed by atoms with Gasteiger partial charge in [0.1, 0.15) is 0 Å². The molecule has 2 heterocycles. The van der Waals surface area contributed by atoms with Crippen molar-refractivity contribution in [2.75, 3.05) is 32.7 Å². The first-order chi connectivity index (χ1) is 8.56. The summed E-state index contributed by atoms with van der Waals surface area (Å²) >= 11 is 0. The number of nitrogens with zero attached hydrogens (tertiary/aromatic N) is 2. The van der Waals surface area contributed by atoms with Gasteiger partial charge in [-0.2, -0.15) is 0 Å². The largest absolute Gasteiger partial charge is 0.346 e. The van der Waals surface area contributed by atoms with Gasteiger partial charge in [-0.25, -0.2) is 0 Å². The van der Waals surface area contributed by atoms with Crippen LogP contribution in [0.2, 0.25) is 0 Å². The van der Waals surface area contributed by atoms with Crippen molar-refractivity contribution in [1.82, 2.24) is 15.1 Å². The summed E-state index contributed by atoms with van der Waals surface area (Å²) < 4.78 is 0. The summed E-state index contributed by atoms with van der Waals surface area (Å²) in [6.07, 6.45) is 2.32. The van der Waals surface area contributed by atoms with Crippen molar-refractivity contribution in [1.29, 1.82) is 0 Å². The molecule has 0 aromatic carbocycles. The first kappa shape index (κ1) is 13.3. The Morgan fingerprint density at radius 2 is 2.00 bits per heavy atom. The lowest BCUT2D eigenvalue weighted by Gasteiger charge is -2.32. The quantitative estimate of drug-likeness (QED) is 0.724. The Morgan fingerprint density at radius 1 is 1.28 bits per heavy atom. The molecule has 0 spiro atoms. The Bertz CT molecular complexity index is 326. The molecule has 5 heteroatoms. The van der Waals surface area contributed by atoms with Crippen LogP contribution in [0, 0.1) is 5.92 Å². The summed E-state index contributed by atoms with van der Waals surface area (Å²) in [5, 5.41) is 2.66. The zero-order valence-corrected chi connectivity index (χ0v) is 11.3. The van der Waals surface area contributed by atoms with Crippen molar-refractivity contribution in [2.24, 2.45) is 5.92 Å². The Balaban J connectivity index is 1.76. The van der Waals surface area contributed by atoms with Crippen LogP contribution in [0.15, 0.2) is 0 Å². The molecule has 0 aromatic rings. The second-order valence-corrected chi connectivity index (χ2v) is 5.69. The van der Waals surface area contributed by atoms with Gasteiger partial charge in [0.2, 0.25) is 0 Å². The molecule has 0 aromatic heterocycles. The lowest BCUT2D eigenvalue weighted by atomic mass is 10.1. The summed E-state index contributed by atoms with van der Waals surface area (Å²) in [5.41, 5.74) is 0. The van der Waals surface area contributed by atoms with E-state index in [0.717, 1.165) is 26.1 Å². The third-order valence-electron chi connectivity index (χ3n) is 3.65. The van der Waals surface area contributed by atoms with E-state index in [9.17, 15) is 9.59 Å². The van der Waals surface area contributed by atoms with E-state index in [4.69, 9.17) is 0 Å². The molecule has 2 amide bonds. The van der Waals surface area contributed by atoms with Gasteiger partial charge in [0.25, 0.3) is 0 Å². The van der Waals surface area contributed by atoms with Crippen LogP contribution in [0.5, 0.6) is 0 Å². The molecule has 2 saturated heterocycles. The minimum absolute atomic E-state index is 0.0148. The van der Waals surface area contributed by atoms with Gasteiger partial charge in [0.15, 0.2) is 0 Å². The number of hydrogen-bond acceptors (Lipinski definition) is 3. The summed E-state index contributed by atoms with van der Waals surface area (Å²) in [4.78, 5) is 27.6. The standard InChI is InChI=1S/C13H23N3O2/c1-10(2)14-12(17)13(18)16-7-4-11(9-16)8-15-5-3-6-15/h10-11H,3-9H2,1-2H3,(H,14,17). The second-order valence-electron chi connectivity index (χ2n) is 5.69. The number of hydrogen-bond donors (Lipinski definition) is 1. The number of carbonyl (C=O) groups excluding carboxylic acids is 2. The monoisotopic (exact) mass is 253 g/mol. The van der Waals surface area contributed by atoms with E-state index in [1.54, 1.807) is 4.90 Å². The zero-order valence-electron chi connectivity index (χ0n) is 11.3. The molecular formula is C13H23N3O2. The molecule has 0 radical (unpaired) electrons. The van der Waals surface area contributed by atoms with Crippen LogP contribution in [0.4, 0.5) is 0 Å². The number of carbonyl (C=O) groups is 2. The fourth-order valence-electron chi connectivity index (χ4n) is 2.56. The molecule has 102 valence electrons. The second kappa shape index (κ2) is 5.69. The van der Waals surface area contributed by atoms with Gasteiger partial charge in [-0.1, -0.05) is 0 Å². The van der Waals surface area contributed by atoms with E-state index < -0.39 is 5.91 Å². The van der Waals surface area contributed by atoms with E-state index in [2.05, 4.69) is 10.2 Å². The summed E-state index contributed by atoms with van der Waals surface area (Å²) in [5.74, 6) is -0.287. The van der Waals surface area contributed by atoms with E-state index >= 15 is 0 Å². The first-order valence-electron chi connectivity index (χ1n) is 6.88. The number of likely N-dealkylation sites (tertiary alicyclic amines) is 2. The summed E-state index contributed by atoms with van der Waals surface area (Å²) in [6, 6.07) is 0.0148. The fourth-order valence-corrected chi connectivity index (χ4v) is 2.56. The highest BCUT2D eigenvalue weighted by Crippen LogP contribution is 2.20. The van der Waals surface area contributed by atoms with Crippen molar-refractivity contribution in [3.63, 3.8) is 0 Å². The average Bonchev–Trinajstić information content (AvgIpc) is 2.70. The van der Waals surface area contributed by atoms with Crippen molar-refractivity contribution in [3.05, 3.63) is 0 Å². The predicted molar refractivity (Wildman–Crippen MR) is 69.0 cm³/mol. The molecule has 1 unspecified atom stereocenters. The first-order valence-corrected chi connectivity index (χ1v) is 6.88. The van der Waals surface area contributed by atoms with Gasteiger partial charge in [0, 0.05) is 25.7 Å². The highest BCUT2D eigenvalue weighted by atomic mass is 16.2. The minimum Gasteiger partial charge on any atom is -0.346 e. The highest BCUT2D eigenvalue weighted by molar-refractivity contribution is 6.35. The van der Waals surface area contributed by atoms with E-state index in [-0.39, 0.29) is 11.9 Å². The molecule has 2 aliphatic rings. The number of rotatable bonds is 3. The van der Waals surface area contributed by atoms with Crippen molar-refractivity contribution in [2.45, 2.75) is 32.7 Å². The minimum atomic E-state index is -0.463. The number of amides is 2. The van der Waals surface area contributed by atoms with Crippen LogP contribution in [-0.4, -0.2) is 60.4 Å². The maximum absolute atomic E-state index is 11.9.